The van der Waals surface area contributed by atoms with E-state index in [1.54, 1.807) is 35.3 Å². The topological polar surface area (TPSA) is 59.5 Å². The number of thiazole rings is 1. The number of aromatic nitrogens is 1. The molecule has 140 valence electrons. The summed E-state index contributed by atoms with van der Waals surface area (Å²) in [6.45, 7) is 2.35. The van der Waals surface area contributed by atoms with Crippen LogP contribution < -0.4 is 4.90 Å². The number of ether oxygens (including phenoxy) is 1. The molecule has 0 bridgehead atoms. The quantitative estimate of drug-likeness (QED) is 0.386. The van der Waals surface area contributed by atoms with Crippen LogP contribution in [-0.2, 0) is 14.9 Å². The van der Waals surface area contributed by atoms with Crippen LogP contribution in [0.5, 0.6) is 0 Å². The molecule has 0 N–H and O–H groups in total. The second-order valence-electron chi connectivity index (χ2n) is 5.77. The molecule has 0 fully saturated rings. The first-order chi connectivity index (χ1) is 13.1. The standard InChI is InChI=1S/C20H19BrN2O3S/c1-2-26-19(24)10-11-23(15-6-4-3-5-7-15)20(25)14-8-9-17-16(12-14)22-18(13-21)27-17/h3-9,12H,2,10-11,13H2,1H3. The summed E-state index contributed by atoms with van der Waals surface area (Å²) >= 11 is 5.01. The number of anilines is 1. The zero-order valence-electron chi connectivity index (χ0n) is 14.9. The maximum absolute atomic E-state index is 13.2. The van der Waals surface area contributed by atoms with Crippen molar-refractivity contribution in [3.63, 3.8) is 0 Å². The molecule has 3 aromatic rings. The average molecular weight is 447 g/mol. The number of hydrogen-bond donors (Lipinski definition) is 0. The van der Waals surface area contributed by atoms with Crippen LogP contribution in [0.3, 0.4) is 0 Å². The highest BCUT2D eigenvalue weighted by molar-refractivity contribution is 9.08. The Morgan fingerprint density at radius 2 is 1.96 bits per heavy atom. The van der Waals surface area contributed by atoms with E-state index in [1.807, 2.05) is 36.4 Å². The molecule has 7 heteroatoms. The molecule has 0 aliphatic heterocycles. The molecule has 0 saturated carbocycles. The fourth-order valence-electron chi connectivity index (χ4n) is 2.71. The summed E-state index contributed by atoms with van der Waals surface area (Å²) in [6, 6.07) is 14.9. The molecule has 1 aromatic heterocycles. The van der Waals surface area contributed by atoms with E-state index in [-0.39, 0.29) is 24.8 Å². The van der Waals surface area contributed by atoms with Gasteiger partial charge in [0, 0.05) is 17.8 Å². The summed E-state index contributed by atoms with van der Waals surface area (Å²) in [5.41, 5.74) is 2.09. The van der Waals surface area contributed by atoms with Gasteiger partial charge in [0.1, 0.15) is 5.01 Å². The number of hydrogen-bond acceptors (Lipinski definition) is 5. The van der Waals surface area contributed by atoms with Gasteiger partial charge in [-0.05, 0) is 37.3 Å². The fraction of sp³-hybridized carbons (Fsp3) is 0.250. The molecule has 27 heavy (non-hydrogen) atoms. The number of benzene rings is 2. The average Bonchev–Trinajstić information content (AvgIpc) is 3.11. The van der Waals surface area contributed by atoms with Gasteiger partial charge in [0.05, 0.1) is 28.6 Å². The van der Waals surface area contributed by atoms with Crippen LogP contribution in [-0.4, -0.2) is 30.0 Å². The number of carbonyl (C=O) groups is 2. The Morgan fingerprint density at radius 1 is 1.19 bits per heavy atom. The van der Waals surface area contributed by atoms with E-state index in [9.17, 15) is 9.59 Å². The summed E-state index contributed by atoms with van der Waals surface area (Å²) in [5, 5.41) is 1.66. The summed E-state index contributed by atoms with van der Waals surface area (Å²) in [5.74, 6) is -0.482. The largest absolute Gasteiger partial charge is 0.466 e. The summed E-state index contributed by atoms with van der Waals surface area (Å²) in [6.07, 6.45) is 0.140. The molecular formula is C20H19BrN2O3S. The summed E-state index contributed by atoms with van der Waals surface area (Å²) in [7, 11) is 0. The highest BCUT2D eigenvalue weighted by Gasteiger charge is 2.20. The summed E-state index contributed by atoms with van der Waals surface area (Å²) in [4.78, 5) is 31.1. The van der Waals surface area contributed by atoms with Crippen LogP contribution in [0, 0.1) is 0 Å². The lowest BCUT2D eigenvalue weighted by Gasteiger charge is -2.22. The van der Waals surface area contributed by atoms with Crippen LogP contribution in [0.1, 0.15) is 28.7 Å². The van der Waals surface area contributed by atoms with Crippen LogP contribution in [0.25, 0.3) is 10.2 Å². The van der Waals surface area contributed by atoms with Crippen molar-refractivity contribution in [2.24, 2.45) is 0 Å². The smallest absolute Gasteiger partial charge is 0.307 e. The maximum atomic E-state index is 13.2. The molecule has 0 spiro atoms. The van der Waals surface area contributed by atoms with Gasteiger partial charge in [-0.1, -0.05) is 34.1 Å². The maximum Gasteiger partial charge on any atom is 0.307 e. The van der Waals surface area contributed by atoms with Crippen molar-refractivity contribution in [3.05, 3.63) is 59.1 Å². The zero-order chi connectivity index (χ0) is 19.2. The molecule has 1 amide bonds. The number of rotatable bonds is 7. The number of fused-ring (bicyclic) bond motifs is 1. The van der Waals surface area contributed by atoms with Crippen molar-refractivity contribution in [1.29, 1.82) is 0 Å². The van der Waals surface area contributed by atoms with E-state index in [1.165, 1.54) is 0 Å². The Labute approximate surface area is 170 Å². The van der Waals surface area contributed by atoms with E-state index < -0.39 is 0 Å². The first-order valence-electron chi connectivity index (χ1n) is 8.60. The Kier molecular flexibility index (Phi) is 6.58. The highest BCUT2D eigenvalue weighted by Crippen LogP contribution is 2.26. The minimum absolute atomic E-state index is 0.140. The number of nitrogens with zero attached hydrogens (tertiary/aromatic N) is 2. The van der Waals surface area contributed by atoms with E-state index in [0.717, 1.165) is 20.9 Å². The molecular weight excluding hydrogens is 428 g/mol. The van der Waals surface area contributed by atoms with Gasteiger partial charge in [0.2, 0.25) is 0 Å². The molecule has 0 saturated heterocycles. The molecule has 0 radical (unpaired) electrons. The second-order valence-corrected chi connectivity index (χ2v) is 7.45. The molecule has 2 aromatic carbocycles. The van der Waals surface area contributed by atoms with Gasteiger partial charge in [-0.3, -0.25) is 9.59 Å². The van der Waals surface area contributed by atoms with Gasteiger partial charge in [-0.25, -0.2) is 4.98 Å². The Bertz CT molecular complexity index is 943. The first-order valence-corrected chi connectivity index (χ1v) is 10.5. The molecule has 1 heterocycles. The SMILES string of the molecule is CCOC(=O)CCN(C(=O)c1ccc2sc(CBr)nc2c1)c1ccccc1. The van der Waals surface area contributed by atoms with Crippen LogP contribution in [0.4, 0.5) is 5.69 Å². The summed E-state index contributed by atoms with van der Waals surface area (Å²) < 4.78 is 6.04. The molecule has 0 atom stereocenters. The van der Waals surface area contributed by atoms with Crippen molar-refractivity contribution in [2.45, 2.75) is 18.7 Å². The third-order valence-electron chi connectivity index (χ3n) is 3.95. The van der Waals surface area contributed by atoms with Gasteiger partial charge in [0.25, 0.3) is 5.91 Å². The number of carbonyl (C=O) groups excluding carboxylic acids is 2. The van der Waals surface area contributed by atoms with Crippen LogP contribution in [0.2, 0.25) is 0 Å². The van der Waals surface area contributed by atoms with Crippen LogP contribution in [0.15, 0.2) is 48.5 Å². The van der Waals surface area contributed by atoms with Gasteiger partial charge in [0.15, 0.2) is 0 Å². The van der Waals surface area contributed by atoms with Gasteiger partial charge >= 0.3 is 5.97 Å². The third-order valence-corrected chi connectivity index (χ3v) is 5.89. The van der Waals surface area contributed by atoms with Gasteiger partial charge in [-0.15, -0.1) is 11.3 Å². The van der Waals surface area contributed by atoms with E-state index in [2.05, 4.69) is 20.9 Å². The lowest BCUT2D eigenvalue weighted by molar-refractivity contribution is -0.142. The minimum Gasteiger partial charge on any atom is -0.466 e. The predicted molar refractivity (Wildman–Crippen MR) is 112 cm³/mol. The van der Waals surface area contributed by atoms with Crippen molar-refractivity contribution >= 4 is 55.0 Å². The number of amides is 1. The molecule has 5 nitrogen and oxygen atoms in total. The van der Waals surface area contributed by atoms with Crippen molar-refractivity contribution in [1.82, 2.24) is 4.98 Å². The minimum atomic E-state index is -0.317. The molecule has 0 aliphatic carbocycles. The number of halogens is 1. The number of esters is 1. The molecule has 0 aliphatic rings. The molecule has 0 unspecified atom stereocenters. The Balaban J connectivity index is 1.88. The van der Waals surface area contributed by atoms with E-state index in [4.69, 9.17) is 4.74 Å². The first kappa shape index (κ1) is 19.5. The second kappa shape index (κ2) is 9.10. The van der Waals surface area contributed by atoms with Crippen LogP contribution >= 0.6 is 27.3 Å². The number of alkyl halides is 1. The van der Waals surface area contributed by atoms with Gasteiger partial charge in [-0.2, -0.15) is 0 Å². The Morgan fingerprint density at radius 3 is 2.67 bits per heavy atom. The van der Waals surface area contributed by atoms with Crippen molar-refractivity contribution in [3.8, 4) is 0 Å². The third kappa shape index (κ3) is 4.73. The zero-order valence-corrected chi connectivity index (χ0v) is 17.3. The van der Waals surface area contributed by atoms with Gasteiger partial charge < -0.3 is 9.64 Å². The predicted octanol–water partition coefficient (Wildman–Crippen LogP) is 4.79. The lowest BCUT2D eigenvalue weighted by Crippen LogP contribution is -2.33. The number of para-hydroxylation sites is 1. The monoisotopic (exact) mass is 446 g/mol. The van der Waals surface area contributed by atoms with Crippen molar-refractivity contribution < 1.29 is 14.3 Å². The van der Waals surface area contributed by atoms with Crippen molar-refractivity contribution in [2.75, 3.05) is 18.1 Å². The highest BCUT2D eigenvalue weighted by atomic mass is 79.9. The fourth-order valence-corrected chi connectivity index (χ4v) is 3.98. The normalized spacial score (nSPS) is 10.7. The Hall–Kier alpha value is -2.25. The van der Waals surface area contributed by atoms with E-state index in [0.29, 0.717) is 17.5 Å². The van der Waals surface area contributed by atoms with E-state index >= 15 is 0 Å². The lowest BCUT2D eigenvalue weighted by atomic mass is 10.1. The molecule has 3 rings (SSSR count).